The molecule has 0 radical (unpaired) electrons. The summed E-state index contributed by atoms with van der Waals surface area (Å²) in [5.74, 6) is 1.59. The average Bonchev–Trinajstić information content (AvgIpc) is 2.34. The quantitative estimate of drug-likeness (QED) is 0.821. The maximum atomic E-state index is 12.0. The molecule has 3 unspecified atom stereocenters. The van der Waals surface area contributed by atoms with Crippen molar-refractivity contribution < 1.29 is 4.79 Å². The van der Waals surface area contributed by atoms with Crippen molar-refractivity contribution in [3.8, 4) is 0 Å². The third-order valence-electron chi connectivity index (χ3n) is 4.28. The Bertz CT molecular complexity index is 444. The summed E-state index contributed by atoms with van der Waals surface area (Å²) in [7, 11) is 0. The van der Waals surface area contributed by atoms with E-state index in [4.69, 9.17) is 5.73 Å². The maximum Gasteiger partial charge on any atom is 0.224 e. The van der Waals surface area contributed by atoms with E-state index in [0.717, 1.165) is 24.3 Å². The molecule has 0 bridgehead atoms. The largest absolute Gasteiger partial charge is 0.399 e. The Morgan fingerprint density at radius 3 is 2.79 bits per heavy atom. The fourth-order valence-corrected chi connectivity index (χ4v) is 2.85. The molecule has 3 nitrogen and oxygen atoms in total. The van der Waals surface area contributed by atoms with Crippen molar-refractivity contribution in [1.82, 2.24) is 5.32 Å². The molecule has 1 saturated carbocycles. The van der Waals surface area contributed by atoms with Crippen molar-refractivity contribution in [3.05, 3.63) is 29.8 Å². The van der Waals surface area contributed by atoms with Gasteiger partial charge in [0, 0.05) is 11.7 Å². The lowest BCUT2D eigenvalue weighted by Gasteiger charge is -2.32. The van der Waals surface area contributed by atoms with Gasteiger partial charge in [0.1, 0.15) is 0 Å². The monoisotopic (exact) mass is 260 g/mol. The van der Waals surface area contributed by atoms with Crippen LogP contribution in [0.25, 0.3) is 0 Å². The number of carbonyl (C=O) groups is 1. The van der Waals surface area contributed by atoms with Crippen LogP contribution in [0.5, 0.6) is 0 Å². The zero-order valence-electron chi connectivity index (χ0n) is 11.9. The second kappa shape index (κ2) is 6.09. The first-order valence-electron chi connectivity index (χ1n) is 7.18. The van der Waals surface area contributed by atoms with Crippen LogP contribution in [-0.4, -0.2) is 11.9 Å². The number of nitrogen functional groups attached to an aromatic ring is 1. The number of nitrogens with one attached hydrogen (secondary N) is 1. The molecule has 0 aromatic heterocycles. The highest BCUT2D eigenvalue weighted by molar-refractivity contribution is 5.79. The topological polar surface area (TPSA) is 55.1 Å². The van der Waals surface area contributed by atoms with Crippen molar-refractivity contribution in [2.45, 2.75) is 45.6 Å². The van der Waals surface area contributed by atoms with Crippen molar-refractivity contribution >= 4 is 11.6 Å². The Morgan fingerprint density at radius 1 is 1.32 bits per heavy atom. The average molecular weight is 260 g/mol. The number of amides is 1. The second-order valence-corrected chi connectivity index (χ2v) is 5.95. The van der Waals surface area contributed by atoms with E-state index >= 15 is 0 Å². The predicted octanol–water partition coefficient (Wildman–Crippen LogP) is 2.75. The predicted molar refractivity (Wildman–Crippen MR) is 78.7 cm³/mol. The van der Waals surface area contributed by atoms with E-state index < -0.39 is 0 Å². The summed E-state index contributed by atoms with van der Waals surface area (Å²) in [5, 5.41) is 3.16. The van der Waals surface area contributed by atoms with Crippen molar-refractivity contribution in [2.24, 2.45) is 11.8 Å². The third kappa shape index (κ3) is 3.98. The molecular formula is C16H24N2O. The molecule has 1 aromatic rings. The molecular weight excluding hydrogens is 236 g/mol. The Balaban J connectivity index is 1.85. The van der Waals surface area contributed by atoms with Crippen LogP contribution < -0.4 is 11.1 Å². The highest BCUT2D eigenvalue weighted by Gasteiger charge is 2.25. The number of nitrogens with two attached hydrogens (primary N) is 1. The summed E-state index contributed by atoms with van der Waals surface area (Å²) < 4.78 is 0. The Labute approximate surface area is 115 Å². The van der Waals surface area contributed by atoms with E-state index in [1.165, 1.54) is 6.42 Å². The lowest BCUT2D eigenvalue weighted by atomic mass is 9.79. The highest BCUT2D eigenvalue weighted by atomic mass is 16.1. The zero-order chi connectivity index (χ0) is 13.8. The van der Waals surface area contributed by atoms with Crippen LogP contribution in [0.3, 0.4) is 0 Å². The first-order chi connectivity index (χ1) is 9.04. The van der Waals surface area contributed by atoms with Gasteiger partial charge in [-0.25, -0.2) is 0 Å². The van der Waals surface area contributed by atoms with E-state index in [9.17, 15) is 4.79 Å². The molecule has 0 saturated heterocycles. The lowest BCUT2D eigenvalue weighted by molar-refractivity contribution is -0.121. The van der Waals surface area contributed by atoms with Gasteiger partial charge in [-0.2, -0.15) is 0 Å². The first kappa shape index (κ1) is 13.9. The Hall–Kier alpha value is -1.51. The van der Waals surface area contributed by atoms with E-state index in [2.05, 4.69) is 19.2 Å². The summed E-state index contributed by atoms with van der Waals surface area (Å²) in [6.45, 7) is 4.58. The summed E-state index contributed by atoms with van der Waals surface area (Å²) in [4.78, 5) is 12.0. The molecule has 1 amide bonds. The van der Waals surface area contributed by atoms with Gasteiger partial charge in [-0.3, -0.25) is 4.79 Å². The smallest absolute Gasteiger partial charge is 0.224 e. The Morgan fingerprint density at radius 2 is 2.11 bits per heavy atom. The normalized spacial score (nSPS) is 26.9. The number of hydrogen-bond donors (Lipinski definition) is 2. The van der Waals surface area contributed by atoms with Crippen LogP contribution in [-0.2, 0) is 11.2 Å². The van der Waals surface area contributed by atoms with Crippen molar-refractivity contribution in [2.75, 3.05) is 5.73 Å². The molecule has 19 heavy (non-hydrogen) atoms. The number of anilines is 1. The van der Waals surface area contributed by atoms with Crippen LogP contribution in [0.1, 0.15) is 38.7 Å². The molecule has 1 fully saturated rings. The van der Waals surface area contributed by atoms with E-state index in [1.54, 1.807) is 0 Å². The second-order valence-electron chi connectivity index (χ2n) is 5.95. The van der Waals surface area contributed by atoms with Gasteiger partial charge in [0.25, 0.3) is 0 Å². The van der Waals surface area contributed by atoms with Crippen LogP contribution in [0, 0.1) is 11.8 Å². The van der Waals surface area contributed by atoms with Gasteiger partial charge < -0.3 is 11.1 Å². The standard InChI is InChI=1S/C16H24N2O/c1-11-6-7-15(8-12(11)2)18-16(19)10-13-4-3-5-14(17)9-13/h3-5,9,11-12,15H,6-8,10,17H2,1-2H3,(H,18,19). The number of rotatable bonds is 3. The van der Waals surface area contributed by atoms with E-state index in [-0.39, 0.29) is 5.91 Å². The highest BCUT2D eigenvalue weighted by Crippen LogP contribution is 2.29. The molecule has 0 aliphatic heterocycles. The molecule has 3 atom stereocenters. The van der Waals surface area contributed by atoms with Crippen LogP contribution in [0.15, 0.2) is 24.3 Å². The molecule has 3 heteroatoms. The van der Waals surface area contributed by atoms with Gasteiger partial charge in [0.05, 0.1) is 6.42 Å². The minimum Gasteiger partial charge on any atom is -0.399 e. The van der Waals surface area contributed by atoms with Gasteiger partial charge in [-0.05, 0) is 48.8 Å². The fraction of sp³-hybridized carbons (Fsp3) is 0.562. The first-order valence-corrected chi connectivity index (χ1v) is 7.18. The minimum absolute atomic E-state index is 0.109. The molecule has 1 aliphatic carbocycles. The van der Waals surface area contributed by atoms with Gasteiger partial charge in [0.2, 0.25) is 5.91 Å². The van der Waals surface area contributed by atoms with Crippen LogP contribution in [0.2, 0.25) is 0 Å². The lowest BCUT2D eigenvalue weighted by Crippen LogP contribution is -2.40. The molecule has 1 aliphatic rings. The fourth-order valence-electron chi connectivity index (χ4n) is 2.85. The summed E-state index contributed by atoms with van der Waals surface area (Å²) in [6, 6.07) is 7.89. The number of hydrogen-bond acceptors (Lipinski definition) is 2. The van der Waals surface area contributed by atoms with Crippen molar-refractivity contribution in [3.63, 3.8) is 0 Å². The molecule has 3 N–H and O–H groups in total. The van der Waals surface area contributed by atoms with E-state index in [1.807, 2.05) is 24.3 Å². The van der Waals surface area contributed by atoms with Gasteiger partial charge >= 0.3 is 0 Å². The van der Waals surface area contributed by atoms with Gasteiger partial charge in [0.15, 0.2) is 0 Å². The van der Waals surface area contributed by atoms with Crippen molar-refractivity contribution in [1.29, 1.82) is 0 Å². The summed E-state index contributed by atoms with van der Waals surface area (Å²) in [6.07, 6.45) is 3.84. The van der Waals surface area contributed by atoms with Gasteiger partial charge in [-0.1, -0.05) is 26.0 Å². The minimum atomic E-state index is 0.109. The molecule has 0 spiro atoms. The van der Waals surface area contributed by atoms with Gasteiger partial charge in [-0.15, -0.1) is 0 Å². The van der Waals surface area contributed by atoms with Crippen LogP contribution >= 0.6 is 0 Å². The van der Waals surface area contributed by atoms with E-state index in [0.29, 0.717) is 24.1 Å². The zero-order valence-corrected chi connectivity index (χ0v) is 11.9. The summed E-state index contributed by atoms with van der Waals surface area (Å²) >= 11 is 0. The number of benzene rings is 1. The molecule has 1 aromatic carbocycles. The van der Waals surface area contributed by atoms with Crippen LogP contribution in [0.4, 0.5) is 5.69 Å². The SMILES string of the molecule is CC1CCC(NC(=O)Cc2cccc(N)c2)CC1C. The third-order valence-corrected chi connectivity index (χ3v) is 4.28. The number of carbonyl (C=O) groups excluding carboxylic acids is 1. The molecule has 104 valence electrons. The maximum absolute atomic E-state index is 12.0. The molecule has 2 rings (SSSR count). The Kier molecular flexibility index (Phi) is 4.46. The molecule has 0 heterocycles. The summed E-state index contributed by atoms with van der Waals surface area (Å²) in [5.41, 5.74) is 7.41.